The average molecular weight is 284 g/mol. The highest BCUT2D eigenvalue weighted by Gasteiger charge is 2.33. The largest absolute Gasteiger partial charge is 0.337 e. The molecule has 1 unspecified atom stereocenters. The van der Waals surface area contributed by atoms with Crippen molar-refractivity contribution in [2.24, 2.45) is 7.05 Å². The summed E-state index contributed by atoms with van der Waals surface area (Å²) in [7, 11) is 0.0588. The Kier molecular flexibility index (Phi) is 3.49. The van der Waals surface area contributed by atoms with Crippen LogP contribution in [0.15, 0.2) is 23.1 Å². The summed E-state index contributed by atoms with van der Waals surface area (Å²) >= 11 is 0. The first kappa shape index (κ1) is 13.8. The van der Waals surface area contributed by atoms with Crippen molar-refractivity contribution in [3.63, 3.8) is 0 Å². The molecule has 1 aromatic heterocycles. The van der Waals surface area contributed by atoms with E-state index in [1.165, 1.54) is 15.5 Å². The minimum Gasteiger partial charge on any atom is -0.337 e. The molecule has 2 rings (SSSR count). The minimum absolute atomic E-state index is 0.0254. The first-order valence-corrected chi connectivity index (χ1v) is 7.77. The number of pyridine rings is 1. The van der Waals surface area contributed by atoms with E-state index in [0.717, 1.165) is 0 Å². The Labute approximate surface area is 111 Å². The third kappa shape index (κ3) is 2.70. The summed E-state index contributed by atoms with van der Waals surface area (Å²) in [5.41, 5.74) is -0.308. The Hall–Kier alpha value is -1.63. The van der Waals surface area contributed by atoms with Crippen LogP contribution < -0.4 is 5.56 Å². The van der Waals surface area contributed by atoms with Gasteiger partial charge in [-0.05, 0) is 18.6 Å². The topological polar surface area (TPSA) is 76.5 Å². The normalized spacial score (nSPS) is 21.3. The van der Waals surface area contributed by atoms with Crippen molar-refractivity contribution in [2.75, 3.05) is 18.6 Å². The van der Waals surface area contributed by atoms with Gasteiger partial charge >= 0.3 is 0 Å². The highest BCUT2D eigenvalue weighted by molar-refractivity contribution is 7.91. The SMILES string of the molecule is CN(C(=O)c1cccn(C)c1=O)C1CCS(=O)(=O)C1. The fourth-order valence-electron chi connectivity index (χ4n) is 2.20. The quantitative estimate of drug-likeness (QED) is 0.743. The molecule has 6 nitrogen and oxygen atoms in total. The number of hydrogen-bond acceptors (Lipinski definition) is 4. The standard InChI is InChI=1S/C12H16N2O4S/c1-13-6-3-4-10(11(13)15)12(16)14(2)9-5-7-19(17,18)8-9/h3-4,6,9H,5,7-8H2,1-2H3. The van der Waals surface area contributed by atoms with Crippen LogP contribution in [0.3, 0.4) is 0 Å². The van der Waals surface area contributed by atoms with Crippen LogP contribution in [-0.2, 0) is 16.9 Å². The molecule has 19 heavy (non-hydrogen) atoms. The van der Waals surface area contributed by atoms with E-state index in [1.54, 1.807) is 26.4 Å². The summed E-state index contributed by atoms with van der Waals surface area (Å²) in [5.74, 6) is -0.354. The van der Waals surface area contributed by atoms with E-state index < -0.39 is 15.7 Å². The number of hydrogen-bond donors (Lipinski definition) is 0. The highest BCUT2D eigenvalue weighted by atomic mass is 32.2. The van der Waals surface area contributed by atoms with Gasteiger partial charge in [0.2, 0.25) is 0 Å². The first-order chi connectivity index (χ1) is 8.82. The molecule has 0 bridgehead atoms. The van der Waals surface area contributed by atoms with Gasteiger partial charge in [0.25, 0.3) is 11.5 Å². The molecular weight excluding hydrogens is 268 g/mol. The van der Waals surface area contributed by atoms with Gasteiger partial charge in [-0.15, -0.1) is 0 Å². The number of nitrogens with zero attached hydrogens (tertiary/aromatic N) is 2. The van der Waals surface area contributed by atoms with Crippen LogP contribution in [0, 0.1) is 0 Å². The molecule has 0 saturated carbocycles. The van der Waals surface area contributed by atoms with E-state index in [0.29, 0.717) is 6.42 Å². The zero-order valence-electron chi connectivity index (χ0n) is 10.9. The molecule has 1 saturated heterocycles. The molecule has 0 aliphatic carbocycles. The van der Waals surface area contributed by atoms with Crippen molar-refractivity contribution in [3.05, 3.63) is 34.2 Å². The molecule has 7 heteroatoms. The van der Waals surface area contributed by atoms with Crippen LogP contribution in [-0.4, -0.2) is 48.4 Å². The number of rotatable bonds is 2. The maximum absolute atomic E-state index is 12.2. The average Bonchev–Trinajstić information content (AvgIpc) is 2.71. The second-order valence-electron chi connectivity index (χ2n) is 4.81. The Morgan fingerprint density at radius 2 is 2.16 bits per heavy atom. The fourth-order valence-corrected chi connectivity index (χ4v) is 3.97. The third-order valence-electron chi connectivity index (χ3n) is 3.43. The van der Waals surface area contributed by atoms with E-state index in [4.69, 9.17) is 0 Å². The molecule has 1 aromatic rings. The van der Waals surface area contributed by atoms with E-state index in [2.05, 4.69) is 0 Å². The molecule has 0 N–H and O–H groups in total. The maximum atomic E-state index is 12.2. The van der Waals surface area contributed by atoms with Crippen LogP contribution in [0.4, 0.5) is 0 Å². The van der Waals surface area contributed by atoms with Gasteiger partial charge in [-0.25, -0.2) is 8.42 Å². The Morgan fingerprint density at radius 3 is 2.74 bits per heavy atom. The van der Waals surface area contributed by atoms with Gasteiger partial charge in [0.1, 0.15) is 5.56 Å². The minimum atomic E-state index is -3.05. The maximum Gasteiger partial charge on any atom is 0.263 e. The summed E-state index contributed by atoms with van der Waals surface area (Å²) in [6.45, 7) is 0. The number of carbonyl (C=O) groups is 1. The lowest BCUT2D eigenvalue weighted by atomic mass is 10.2. The molecule has 0 aromatic carbocycles. The van der Waals surface area contributed by atoms with E-state index in [9.17, 15) is 18.0 Å². The number of aryl methyl sites for hydroxylation is 1. The fraction of sp³-hybridized carbons (Fsp3) is 0.500. The molecule has 0 spiro atoms. The number of amides is 1. The summed E-state index contributed by atoms with van der Waals surface area (Å²) in [6, 6.07) is 2.74. The molecule has 2 heterocycles. The molecular formula is C12H16N2O4S. The van der Waals surface area contributed by atoms with Crippen molar-refractivity contribution in [3.8, 4) is 0 Å². The summed E-state index contributed by atoms with van der Waals surface area (Å²) < 4.78 is 24.2. The Morgan fingerprint density at radius 1 is 1.47 bits per heavy atom. The molecule has 1 aliphatic rings. The van der Waals surface area contributed by atoms with Crippen LogP contribution in [0.5, 0.6) is 0 Å². The van der Waals surface area contributed by atoms with Crippen LogP contribution >= 0.6 is 0 Å². The van der Waals surface area contributed by atoms with Gasteiger partial charge in [-0.1, -0.05) is 0 Å². The van der Waals surface area contributed by atoms with Crippen LogP contribution in [0.2, 0.25) is 0 Å². The Bertz CT molecular complexity index is 663. The van der Waals surface area contributed by atoms with Crippen LogP contribution in [0.1, 0.15) is 16.8 Å². The Balaban J connectivity index is 2.25. The highest BCUT2D eigenvalue weighted by Crippen LogP contribution is 2.17. The summed E-state index contributed by atoms with van der Waals surface area (Å²) in [4.78, 5) is 25.4. The van der Waals surface area contributed by atoms with Gasteiger partial charge in [-0.3, -0.25) is 9.59 Å². The first-order valence-electron chi connectivity index (χ1n) is 5.95. The van der Waals surface area contributed by atoms with Crippen molar-refractivity contribution >= 4 is 15.7 Å². The van der Waals surface area contributed by atoms with Gasteiger partial charge in [-0.2, -0.15) is 0 Å². The van der Waals surface area contributed by atoms with Crippen molar-refractivity contribution < 1.29 is 13.2 Å². The zero-order valence-corrected chi connectivity index (χ0v) is 11.7. The molecule has 0 radical (unpaired) electrons. The van der Waals surface area contributed by atoms with Crippen molar-refractivity contribution in [1.82, 2.24) is 9.47 Å². The molecule has 1 atom stereocenters. The van der Waals surface area contributed by atoms with Crippen molar-refractivity contribution in [1.29, 1.82) is 0 Å². The predicted molar refractivity (Wildman–Crippen MR) is 70.8 cm³/mol. The van der Waals surface area contributed by atoms with E-state index >= 15 is 0 Å². The smallest absolute Gasteiger partial charge is 0.263 e. The monoisotopic (exact) mass is 284 g/mol. The summed E-state index contributed by atoms with van der Waals surface area (Å²) in [5, 5.41) is 0. The second kappa shape index (κ2) is 4.80. The molecule has 1 fully saturated rings. The number of aromatic nitrogens is 1. The second-order valence-corrected chi connectivity index (χ2v) is 7.04. The third-order valence-corrected chi connectivity index (χ3v) is 5.18. The lowest BCUT2D eigenvalue weighted by Crippen LogP contribution is -2.40. The van der Waals surface area contributed by atoms with Crippen molar-refractivity contribution in [2.45, 2.75) is 12.5 Å². The van der Waals surface area contributed by atoms with Gasteiger partial charge in [0.05, 0.1) is 11.5 Å². The van der Waals surface area contributed by atoms with Crippen LogP contribution in [0.25, 0.3) is 0 Å². The van der Waals surface area contributed by atoms with Gasteiger partial charge < -0.3 is 9.47 Å². The number of sulfone groups is 1. The molecule has 1 aliphatic heterocycles. The van der Waals surface area contributed by atoms with E-state index in [-0.39, 0.29) is 28.7 Å². The number of carbonyl (C=O) groups excluding carboxylic acids is 1. The lowest BCUT2D eigenvalue weighted by Gasteiger charge is -2.23. The lowest BCUT2D eigenvalue weighted by molar-refractivity contribution is 0.0745. The van der Waals surface area contributed by atoms with Gasteiger partial charge in [0.15, 0.2) is 9.84 Å². The van der Waals surface area contributed by atoms with E-state index in [1.807, 2.05) is 0 Å². The zero-order chi connectivity index (χ0) is 14.2. The predicted octanol–water partition coefficient (Wildman–Crippen LogP) is -0.356. The van der Waals surface area contributed by atoms with Gasteiger partial charge in [0, 0.05) is 26.3 Å². The molecule has 1 amide bonds. The molecule has 104 valence electrons. The summed E-state index contributed by atoms with van der Waals surface area (Å²) in [6.07, 6.45) is 2.00.